The molecule has 0 aliphatic carbocycles. The number of methoxy groups -OCH3 is 1. The van der Waals surface area contributed by atoms with Gasteiger partial charge in [-0.3, -0.25) is 11.3 Å². The van der Waals surface area contributed by atoms with Gasteiger partial charge in [-0.2, -0.15) is 0 Å². The lowest BCUT2D eigenvalue weighted by Crippen LogP contribution is -2.30. The molecule has 0 radical (unpaired) electrons. The van der Waals surface area contributed by atoms with Gasteiger partial charge in [-0.1, -0.05) is 45.7 Å². The van der Waals surface area contributed by atoms with E-state index < -0.39 is 0 Å². The van der Waals surface area contributed by atoms with E-state index >= 15 is 0 Å². The number of nitrogens with one attached hydrogen (secondary N) is 1. The second-order valence-corrected chi connectivity index (χ2v) is 6.09. The summed E-state index contributed by atoms with van der Waals surface area (Å²) >= 11 is 9.97. The van der Waals surface area contributed by atoms with Gasteiger partial charge in [0, 0.05) is 9.50 Å². The van der Waals surface area contributed by atoms with Gasteiger partial charge in [0.1, 0.15) is 5.75 Å². The lowest BCUT2D eigenvalue weighted by atomic mass is 9.98. The zero-order valence-corrected chi connectivity index (χ0v) is 14.3. The molecular weight excluding hydrogens is 352 g/mol. The minimum Gasteiger partial charge on any atom is -0.497 e. The second kappa shape index (κ2) is 7.27. The first-order valence-corrected chi connectivity index (χ1v) is 7.77. The molecule has 2 aromatic carbocycles. The molecule has 1 atom stereocenters. The number of hydrogen-bond donors (Lipinski definition) is 2. The number of hydrazine groups is 1. The Kier molecular flexibility index (Phi) is 5.65. The van der Waals surface area contributed by atoms with Crippen molar-refractivity contribution in [1.82, 2.24) is 5.43 Å². The van der Waals surface area contributed by atoms with Gasteiger partial charge in [-0.15, -0.1) is 0 Å². The number of nitrogens with two attached hydrogens (primary N) is 1. The van der Waals surface area contributed by atoms with Crippen LogP contribution in [0.2, 0.25) is 5.02 Å². The molecule has 0 amide bonds. The molecule has 0 heterocycles. The van der Waals surface area contributed by atoms with Gasteiger partial charge in [0.15, 0.2) is 0 Å². The Morgan fingerprint density at radius 1 is 1.33 bits per heavy atom. The van der Waals surface area contributed by atoms with Crippen molar-refractivity contribution in [3.63, 3.8) is 0 Å². The lowest BCUT2D eigenvalue weighted by Gasteiger charge is -2.20. The van der Waals surface area contributed by atoms with E-state index in [4.69, 9.17) is 22.2 Å². The average Bonchev–Trinajstić information content (AvgIpc) is 2.49. The summed E-state index contributed by atoms with van der Waals surface area (Å²) in [7, 11) is 1.66. The van der Waals surface area contributed by atoms with Crippen molar-refractivity contribution in [2.24, 2.45) is 5.84 Å². The number of benzene rings is 2. The van der Waals surface area contributed by atoms with Crippen LogP contribution in [0, 0.1) is 6.92 Å². The molecule has 21 heavy (non-hydrogen) atoms. The molecule has 5 heteroatoms. The summed E-state index contributed by atoms with van der Waals surface area (Å²) in [5.74, 6) is 6.56. The van der Waals surface area contributed by atoms with Crippen molar-refractivity contribution in [2.45, 2.75) is 19.4 Å². The van der Waals surface area contributed by atoms with Crippen LogP contribution in [0.1, 0.15) is 22.7 Å². The van der Waals surface area contributed by atoms with E-state index in [-0.39, 0.29) is 6.04 Å². The first-order valence-electron chi connectivity index (χ1n) is 6.60. The van der Waals surface area contributed by atoms with Gasteiger partial charge >= 0.3 is 0 Å². The summed E-state index contributed by atoms with van der Waals surface area (Å²) in [5.41, 5.74) is 6.00. The average molecular weight is 370 g/mol. The van der Waals surface area contributed by atoms with Gasteiger partial charge < -0.3 is 4.74 Å². The molecule has 2 rings (SSSR count). The quantitative estimate of drug-likeness (QED) is 0.614. The maximum absolute atomic E-state index is 6.40. The Morgan fingerprint density at radius 3 is 2.76 bits per heavy atom. The molecule has 0 aromatic heterocycles. The van der Waals surface area contributed by atoms with Crippen LogP contribution in [0.25, 0.3) is 0 Å². The van der Waals surface area contributed by atoms with Crippen molar-refractivity contribution in [1.29, 1.82) is 0 Å². The molecule has 0 bridgehead atoms. The molecule has 3 N–H and O–H groups in total. The smallest absolute Gasteiger partial charge is 0.119 e. The zero-order chi connectivity index (χ0) is 15.4. The van der Waals surface area contributed by atoms with Gasteiger partial charge in [-0.05, 0) is 48.2 Å². The van der Waals surface area contributed by atoms with E-state index in [0.29, 0.717) is 6.42 Å². The van der Waals surface area contributed by atoms with E-state index in [9.17, 15) is 0 Å². The highest BCUT2D eigenvalue weighted by Crippen LogP contribution is 2.31. The highest BCUT2D eigenvalue weighted by atomic mass is 79.9. The monoisotopic (exact) mass is 368 g/mol. The molecule has 0 fully saturated rings. The molecule has 3 nitrogen and oxygen atoms in total. The standard InChI is InChI=1S/C16H18BrClN2O/c1-10-4-3-5-13(16(10)18)15(20-19)9-11-8-12(21-2)6-7-14(11)17/h3-8,15,20H,9,19H2,1-2H3. The summed E-state index contributed by atoms with van der Waals surface area (Å²) in [6, 6.07) is 11.8. The van der Waals surface area contributed by atoms with Crippen LogP contribution < -0.4 is 16.0 Å². The summed E-state index contributed by atoms with van der Waals surface area (Å²) < 4.78 is 6.30. The number of ether oxygens (including phenoxy) is 1. The van der Waals surface area contributed by atoms with E-state index in [2.05, 4.69) is 21.4 Å². The van der Waals surface area contributed by atoms with Crippen LogP contribution in [-0.4, -0.2) is 7.11 Å². The Balaban J connectivity index is 2.33. The third-order valence-electron chi connectivity index (χ3n) is 3.48. The molecule has 0 aliphatic heterocycles. The molecule has 2 aromatic rings. The Labute approximate surface area is 138 Å². The normalized spacial score (nSPS) is 12.2. The van der Waals surface area contributed by atoms with Crippen LogP contribution in [0.15, 0.2) is 40.9 Å². The predicted octanol–water partition coefficient (Wildman–Crippen LogP) is 4.17. The van der Waals surface area contributed by atoms with Crippen LogP contribution >= 0.6 is 27.5 Å². The largest absolute Gasteiger partial charge is 0.497 e. The number of hydrogen-bond acceptors (Lipinski definition) is 3. The number of rotatable bonds is 5. The third-order valence-corrected chi connectivity index (χ3v) is 4.77. The summed E-state index contributed by atoms with van der Waals surface area (Å²) in [6.07, 6.45) is 0.706. The third kappa shape index (κ3) is 3.77. The lowest BCUT2D eigenvalue weighted by molar-refractivity contribution is 0.413. The Morgan fingerprint density at radius 2 is 2.10 bits per heavy atom. The number of aryl methyl sites for hydroxylation is 1. The zero-order valence-electron chi connectivity index (χ0n) is 12.0. The van der Waals surface area contributed by atoms with Crippen LogP contribution in [0.5, 0.6) is 5.75 Å². The van der Waals surface area contributed by atoms with Gasteiger partial charge in [0.05, 0.1) is 13.2 Å². The number of halogens is 2. The fourth-order valence-electron chi connectivity index (χ4n) is 2.25. The molecular formula is C16H18BrClN2O. The van der Waals surface area contributed by atoms with Gasteiger partial charge in [0.2, 0.25) is 0 Å². The predicted molar refractivity (Wildman–Crippen MR) is 90.7 cm³/mol. The highest BCUT2D eigenvalue weighted by Gasteiger charge is 2.16. The van der Waals surface area contributed by atoms with E-state index in [1.54, 1.807) is 7.11 Å². The SMILES string of the molecule is COc1ccc(Br)c(CC(NN)c2cccc(C)c2Cl)c1. The molecule has 0 saturated heterocycles. The summed E-state index contributed by atoms with van der Waals surface area (Å²) in [5, 5.41) is 0.750. The second-order valence-electron chi connectivity index (χ2n) is 4.86. The van der Waals surface area contributed by atoms with Crippen LogP contribution in [0.3, 0.4) is 0 Å². The van der Waals surface area contributed by atoms with Crippen LogP contribution in [0.4, 0.5) is 0 Å². The first kappa shape index (κ1) is 16.3. The molecule has 0 saturated carbocycles. The maximum atomic E-state index is 6.40. The van der Waals surface area contributed by atoms with Gasteiger partial charge in [0.25, 0.3) is 0 Å². The van der Waals surface area contributed by atoms with E-state index in [0.717, 1.165) is 31.9 Å². The van der Waals surface area contributed by atoms with Crippen molar-refractivity contribution < 1.29 is 4.74 Å². The minimum absolute atomic E-state index is 0.0687. The summed E-state index contributed by atoms with van der Waals surface area (Å²) in [4.78, 5) is 0. The van der Waals surface area contributed by atoms with Crippen molar-refractivity contribution in [3.8, 4) is 5.75 Å². The van der Waals surface area contributed by atoms with E-state index in [1.807, 2.05) is 43.3 Å². The van der Waals surface area contributed by atoms with Crippen LogP contribution in [-0.2, 0) is 6.42 Å². The minimum atomic E-state index is -0.0687. The summed E-state index contributed by atoms with van der Waals surface area (Å²) in [6.45, 7) is 1.99. The molecule has 0 aliphatic rings. The van der Waals surface area contributed by atoms with Crippen molar-refractivity contribution in [3.05, 3.63) is 62.6 Å². The van der Waals surface area contributed by atoms with Gasteiger partial charge in [-0.25, -0.2) is 0 Å². The van der Waals surface area contributed by atoms with Crippen molar-refractivity contribution >= 4 is 27.5 Å². The molecule has 1 unspecified atom stereocenters. The molecule has 0 spiro atoms. The van der Waals surface area contributed by atoms with Crippen molar-refractivity contribution in [2.75, 3.05) is 7.11 Å². The highest BCUT2D eigenvalue weighted by molar-refractivity contribution is 9.10. The fourth-order valence-corrected chi connectivity index (χ4v) is 2.92. The fraction of sp³-hybridized carbons (Fsp3) is 0.250. The van der Waals surface area contributed by atoms with E-state index in [1.165, 1.54) is 0 Å². The maximum Gasteiger partial charge on any atom is 0.119 e. The first-order chi connectivity index (χ1) is 10.1. The topological polar surface area (TPSA) is 47.3 Å². The molecule has 112 valence electrons. The Hall–Kier alpha value is -1.07. The Bertz CT molecular complexity index is 634.